The number of carbonyl (C=O) groups is 1. The third kappa shape index (κ3) is 4.72. The van der Waals surface area contributed by atoms with E-state index in [0.29, 0.717) is 11.1 Å². The van der Waals surface area contributed by atoms with E-state index in [1.54, 1.807) is 4.68 Å². The maximum absolute atomic E-state index is 12.2. The van der Waals surface area contributed by atoms with Crippen molar-refractivity contribution in [1.29, 1.82) is 0 Å². The summed E-state index contributed by atoms with van der Waals surface area (Å²) >= 11 is 1.23. The number of benzene rings is 1. The second kappa shape index (κ2) is 8.92. The Morgan fingerprint density at radius 3 is 2.61 bits per heavy atom. The summed E-state index contributed by atoms with van der Waals surface area (Å²) in [5.74, 6) is 6.56. The number of nitrogens with zero attached hydrogens (tertiary/aromatic N) is 5. The van der Waals surface area contributed by atoms with Gasteiger partial charge in [0.1, 0.15) is 0 Å². The van der Waals surface area contributed by atoms with Gasteiger partial charge >= 0.3 is 0 Å². The minimum Gasteiger partial charge on any atom is -0.334 e. The normalized spacial score (nSPS) is 11.0. The number of anilines is 1. The molecule has 0 saturated heterocycles. The molecule has 148 valence electrons. The van der Waals surface area contributed by atoms with Crippen LogP contribution in [0.25, 0.3) is 5.95 Å². The highest BCUT2D eigenvalue weighted by Gasteiger charge is 2.16. The van der Waals surface area contributed by atoms with Crippen molar-refractivity contribution in [2.24, 2.45) is 0 Å². The quantitative estimate of drug-likeness (QED) is 0.446. The van der Waals surface area contributed by atoms with Gasteiger partial charge < -0.3 is 11.2 Å². The van der Waals surface area contributed by atoms with E-state index in [0.717, 1.165) is 23.5 Å². The molecular weight excluding hydrogens is 374 g/mol. The van der Waals surface area contributed by atoms with Crippen molar-refractivity contribution in [1.82, 2.24) is 24.7 Å². The zero-order valence-electron chi connectivity index (χ0n) is 16.3. The maximum Gasteiger partial charge on any atom is 0.271 e. The fraction of sp³-hybridized carbons (Fsp3) is 0.368. The Hall–Kier alpha value is -2.81. The molecule has 0 spiro atoms. The van der Waals surface area contributed by atoms with Crippen LogP contribution in [0.4, 0.5) is 5.69 Å². The first-order chi connectivity index (χ1) is 13.5. The second-order valence-corrected chi connectivity index (χ2v) is 7.57. The molecule has 0 aliphatic rings. The summed E-state index contributed by atoms with van der Waals surface area (Å²) in [5, 5.41) is 15.9. The topological polar surface area (TPSA) is 104 Å². The molecule has 3 N–H and O–H groups in total. The molecule has 3 aromatic rings. The standard InChI is InChI=1S/C19H25N7OS/c1-4-5-6-15-7-9-16(10-8-15)21-17(27)12-28-19-23-22-18(25(19)20)26-14(3)11-13(2)24-26/h7-11H,4-6,12,20H2,1-3H3,(H,21,27). The van der Waals surface area contributed by atoms with Gasteiger partial charge in [-0.2, -0.15) is 5.10 Å². The van der Waals surface area contributed by atoms with Crippen LogP contribution < -0.4 is 11.2 Å². The van der Waals surface area contributed by atoms with Crippen molar-refractivity contribution in [3.05, 3.63) is 47.3 Å². The van der Waals surface area contributed by atoms with E-state index in [1.165, 1.54) is 34.8 Å². The highest BCUT2D eigenvalue weighted by molar-refractivity contribution is 7.99. The van der Waals surface area contributed by atoms with E-state index in [1.807, 2.05) is 32.0 Å². The molecule has 0 atom stereocenters. The number of nitrogen functional groups attached to an aromatic ring is 1. The predicted molar refractivity (Wildman–Crippen MR) is 111 cm³/mol. The van der Waals surface area contributed by atoms with Crippen LogP contribution in [0.5, 0.6) is 0 Å². The van der Waals surface area contributed by atoms with Crippen molar-refractivity contribution in [3.63, 3.8) is 0 Å². The molecule has 2 aromatic heterocycles. The highest BCUT2D eigenvalue weighted by atomic mass is 32.2. The minimum atomic E-state index is -0.123. The number of aryl methyl sites for hydroxylation is 3. The molecule has 9 heteroatoms. The second-order valence-electron chi connectivity index (χ2n) is 6.63. The molecule has 0 aliphatic heterocycles. The van der Waals surface area contributed by atoms with Gasteiger partial charge in [-0.25, -0.2) is 9.36 Å². The SMILES string of the molecule is CCCCc1ccc(NC(=O)CSc2nnc(-n3nc(C)cc3C)n2N)cc1. The average molecular weight is 400 g/mol. The van der Waals surface area contributed by atoms with Crippen molar-refractivity contribution < 1.29 is 4.79 Å². The molecule has 1 aromatic carbocycles. The number of unbranched alkanes of at least 4 members (excludes halogenated alkanes) is 1. The zero-order chi connectivity index (χ0) is 20.1. The smallest absolute Gasteiger partial charge is 0.271 e. The Bertz CT molecular complexity index is 946. The first-order valence-corrected chi connectivity index (χ1v) is 10.2. The molecular formula is C19H25N7OS. The average Bonchev–Trinajstić information content (AvgIpc) is 3.20. The summed E-state index contributed by atoms with van der Waals surface area (Å²) in [6.45, 7) is 5.99. The van der Waals surface area contributed by atoms with Crippen molar-refractivity contribution in [3.8, 4) is 5.95 Å². The van der Waals surface area contributed by atoms with Gasteiger partial charge in [-0.3, -0.25) is 4.79 Å². The first kappa shape index (κ1) is 19.9. The van der Waals surface area contributed by atoms with Crippen LogP contribution in [0.15, 0.2) is 35.5 Å². The number of hydrogen-bond acceptors (Lipinski definition) is 6. The van der Waals surface area contributed by atoms with Gasteiger partial charge in [-0.15, -0.1) is 10.2 Å². The van der Waals surface area contributed by atoms with Gasteiger partial charge in [0.05, 0.1) is 11.4 Å². The number of nitrogens with two attached hydrogens (primary N) is 1. The van der Waals surface area contributed by atoms with Crippen LogP contribution in [-0.4, -0.2) is 36.3 Å². The van der Waals surface area contributed by atoms with Crippen LogP contribution in [0.3, 0.4) is 0 Å². The van der Waals surface area contributed by atoms with E-state index >= 15 is 0 Å². The molecule has 3 rings (SSSR count). The van der Waals surface area contributed by atoms with E-state index in [2.05, 4.69) is 39.7 Å². The third-order valence-electron chi connectivity index (χ3n) is 4.23. The number of amides is 1. The predicted octanol–water partition coefficient (Wildman–Crippen LogP) is 2.87. The molecule has 0 saturated carbocycles. The Morgan fingerprint density at radius 1 is 1.21 bits per heavy atom. The monoisotopic (exact) mass is 399 g/mol. The molecule has 1 amide bonds. The number of nitrogens with one attached hydrogen (secondary N) is 1. The molecule has 8 nitrogen and oxygen atoms in total. The molecule has 0 radical (unpaired) electrons. The minimum absolute atomic E-state index is 0.123. The highest BCUT2D eigenvalue weighted by Crippen LogP contribution is 2.18. The molecule has 0 fully saturated rings. The van der Waals surface area contributed by atoms with Crippen LogP contribution in [0.2, 0.25) is 0 Å². The third-order valence-corrected chi connectivity index (χ3v) is 5.18. The van der Waals surface area contributed by atoms with E-state index in [4.69, 9.17) is 5.84 Å². The van der Waals surface area contributed by atoms with Crippen molar-refractivity contribution in [2.45, 2.75) is 45.2 Å². The van der Waals surface area contributed by atoms with Crippen LogP contribution in [-0.2, 0) is 11.2 Å². The fourth-order valence-electron chi connectivity index (χ4n) is 2.81. The van der Waals surface area contributed by atoms with Crippen LogP contribution >= 0.6 is 11.8 Å². The molecule has 0 aliphatic carbocycles. The maximum atomic E-state index is 12.2. The Kier molecular flexibility index (Phi) is 6.35. The first-order valence-electron chi connectivity index (χ1n) is 9.23. The summed E-state index contributed by atoms with van der Waals surface area (Å²) in [6, 6.07) is 9.90. The lowest BCUT2D eigenvalue weighted by atomic mass is 10.1. The summed E-state index contributed by atoms with van der Waals surface area (Å²) in [7, 11) is 0. The lowest BCUT2D eigenvalue weighted by Crippen LogP contribution is -2.18. The Balaban J connectivity index is 1.57. The largest absolute Gasteiger partial charge is 0.334 e. The van der Waals surface area contributed by atoms with E-state index in [9.17, 15) is 4.79 Å². The molecule has 2 heterocycles. The van der Waals surface area contributed by atoms with Crippen LogP contribution in [0, 0.1) is 13.8 Å². The number of rotatable bonds is 8. The van der Waals surface area contributed by atoms with Crippen molar-refractivity contribution in [2.75, 3.05) is 16.9 Å². The number of aromatic nitrogens is 5. The summed E-state index contributed by atoms with van der Waals surface area (Å²) < 4.78 is 2.98. The number of carbonyl (C=O) groups excluding carboxylic acids is 1. The van der Waals surface area contributed by atoms with Crippen molar-refractivity contribution >= 4 is 23.4 Å². The van der Waals surface area contributed by atoms with Gasteiger partial charge in [0.2, 0.25) is 11.1 Å². The Morgan fingerprint density at radius 2 is 1.96 bits per heavy atom. The number of thioether (sulfide) groups is 1. The van der Waals surface area contributed by atoms with Gasteiger partial charge in [0, 0.05) is 11.4 Å². The van der Waals surface area contributed by atoms with E-state index in [-0.39, 0.29) is 11.7 Å². The van der Waals surface area contributed by atoms with Gasteiger partial charge in [-0.05, 0) is 50.5 Å². The van der Waals surface area contributed by atoms with Gasteiger partial charge in [0.25, 0.3) is 5.95 Å². The van der Waals surface area contributed by atoms with Gasteiger partial charge in [0.15, 0.2) is 0 Å². The number of hydrogen-bond donors (Lipinski definition) is 2. The van der Waals surface area contributed by atoms with Crippen LogP contribution in [0.1, 0.15) is 36.7 Å². The fourth-order valence-corrected chi connectivity index (χ4v) is 3.46. The summed E-state index contributed by atoms with van der Waals surface area (Å²) in [5.41, 5.74) is 3.84. The zero-order valence-corrected chi connectivity index (χ0v) is 17.2. The van der Waals surface area contributed by atoms with Gasteiger partial charge in [-0.1, -0.05) is 37.2 Å². The molecule has 0 unspecified atom stereocenters. The lowest BCUT2D eigenvalue weighted by molar-refractivity contribution is -0.113. The molecule has 28 heavy (non-hydrogen) atoms. The molecule has 0 bridgehead atoms. The summed E-state index contributed by atoms with van der Waals surface area (Å²) in [4.78, 5) is 12.2. The Labute approximate surface area is 168 Å². The lowest BCUT2D eigenvalue weighted by Gasteiger charge is -2.07. The van der Waals surface area contributed by atoms with E-state index < -0.39 is 0 Å². The summed E-state index contributed by atoms with van der Waals surface area (Å²) in [6.07, 6.45) is 3.40.